The van der Waals surface area contributed by atoms with E-state index in [9.17, 15) is 9.59 Å². The molecule has 1 N–H and O–H groups in total. The largest absolute Gasteiger partial charge is 0.466 e. The molecular formula is C19H20N2O3S2. The molecule has 136 valence electrons. The molecule has 2 heterocycles. The van der Waals surface area contributed by atoms with E-state index in [0.29, 0.717) is 34.2 Å². The predicted octanol–water partition coefficient (Wildman–Crippen LogP) is 4.31. The lowest BCUT2D eigenvalue weighted by molar-refractivity contribution is -0.142. The third-order valence-electron chi connectivity index (χ3n) is 3.94. The Hall–Kier alpha value is -2.12. The molecular weight excluding hydrogens is 368 g/mol. The number of benzene rings is 1. The van der Waals surface area contributed by atoms with Crippen LogP contribution in [0.2, 0.25) is 0 Å². The molecule has 0 aliphatic heterocycles. The summed E-state index contributed by atoms with van der Waals surface area (Å²) in [5.74, 6) is 0.277. The lowest BCUT2D eigenvalue weighted by Gasteiger charge is -2.06. The standard InChI is InChI=1S/C19H20N2O3S2/c1-4-24-15(22)7-8-25-19-20-17(23)16-14(10-26-18(16)21-19)13-6-5-11(2)9-12(13)3/h5-6,9-10H,4,7-8H2,1-3H3,(H,20,21,23). The van der Waals surface area contributed by atoms with E-state index in [4.69, 9.17) is 4.74 Å². The second kappa shape index (κ2) is 8.05. The Morgan fingerprint density at radius 3 is 2.85 bits per heavy atom. The van der Waals surface area contributed by atoms with Crippen molar-refractivity contribution in [3.05, 3.63) is 45.1 Å². The van der Waals surface area contributed by atoms with Gasteiger partial charge in [0.2, 0.25) is 0 Å². The average molecular weight is 389 g/mol. The molecule has 0 radical (unpaired) electrons. The van der Waals surface area contributed by atoms with Crippen LogP contribution < -0.4 is 5.56 Å². The smallest absolute Gasteiger partial charge is 0.306 e. The number of nitrogens with zero attached hydrogens (tertiary/aromatic N) is 1. The molecule has 0 amide bonds. The van der Waals surface area contributed by atoms with E-state index < -0.39 is 0 Å². The number of thioether (sulfide) groups is 1. The number of thiophene rings is 1. The molecule has 0 saturated carbocycles. The second-order valence-corrected chi connectivity index (χ2v) is 7.86. The number of aromatic amines is 1. The molecule has 0 aliphatic rings. The Bertz CT molecular complexity index is 1010. The first kappa shape index (κ1) is 18.7. The van der Waals surface area contributed by atoms with Crippen LogP contribution >= 0.6 is 23.1 Å². The van der Waals surface area contributed by atoms with Gasteiger partial charge < -0.3 is 9.72 Å². The van der Waals surface area contributed by atoms with E-state index in [1.807, 2.05) is 24.4 Å². The molecule has 0 spiro atoms. The summed E-state index contributed by atoms with van der Waals surface area (Å²) in [5, 5.41) is 3.13. The van der Waals surface area contributed by atoms with Gasteiger partial charge in [0.25, 0.3) is 5.56 Å². The summed E-state index contributed by atoms with van der Waals surface area (Å²) >= 11 is 2.81. The molecule has 26 heavy (non-hydrogen) atoms. The van der Waals surface area contributed by atoms with Crippen molar-refractivity contribution in [2.45, 2.75) is 32.3 Å². The van der Waals surface area contributed by atoms with Gasteiger partial charge in [0.05, 0.1) is 18.4 Å². The molecule has 5 nitrogen and oxygen atoms in total. The van der Waals surface area contributed by atoms with E-state index >= 15 is 0 Å². The fourth-order valence-corrected chi connectivity index (χ4v) is 4.56. The molecule has 3 rings (SSSR count). The monoisotopic (exact) mass is 388 g/mol. The van der Waals surface area contributed by atoms with Gasteiger partial charge >= 0.3 is 5.97 Å². The van der Waals surface area contributed by atoms with Crippen molar-refractivity contribution in [1.29, 1.82) is 0 Å². The van der Waals surface area contributed by atoms with E-state index in [1.54, 1.807) is 6.92 Å². The molecule has 2 aromatic heterocycles. The molecule has 0 bridgehead atoms. The first-order chi connectivity index (χ1) is 12.5. The predicted molar refractivity (Wildman–Crippen MR) is 107 cm³/mol. The highest BCUT2D eigenvalue weighted by atomic mass is 32.2. The van der Waals surface area contributed by atoms with Crippen molar-refractivity contribution in [1.82, 2.24) is 9.97 Å². The van der Waals surface area contributed by atoms with Crippen LogP contribution in [0.5, 0.6) is 0 Å². The molecule has 0 fully saturated rings. The summed E-state index contributed by atoms with van der Waals surface area (Å²) in [4.78, 5) is 32.1. The lowest BCUT2D eigenvalue weighted by Crippen LogP contribution is -2.10. The van der Waals surface area contributed by atoms with Crippen molar-refractivity contribution in [2.75, 3.05) is 12.4 Å². The number of hydrogen-bond acceptors (Lipinski definition) is 6. The third-order valence-corrected chi connectivity index (χ3v) is 5.69. The molecule has 0 atom stereocenters. The number of esters is 1. The first-order valence-electron chi connectivity index (χ1n) is 8.37. The first-order valence-corrected chi connectivity index (χ1v) is 10.2. The van der Waals surface area contributed by atoms with Crippen molar-refractivity contribution in [3.63, 3.8) is 0 Å². The van der Waals surface area contributed by atoms with Crippen LogP contribution in [0, 0.1) is 13.8 Å². The number of aryl methyl sites for hydroxylation is 2. The number of hydrogen-bond donors (Lipinski definition) is 1. The number of nitrogens with one attached hydrogen (secondary N) is 1. The normalized spacial score (nSPS) is 11.0. The molecule has 7 heteroatoms. The summed E-state index contributed by atoms with van der Waals surface area (Å²) in [6, 6.07) is 6.21. The molecule has 1 aromatic carbocycles. The van der Waals surface area contributed by atoms with Crippen molar-refractivity contribution >= 4 is 39.3 Å². The Morgan fingerprint density at radius 2 is 2.12 bits per heavy atom. The van der Waals surface area contributed by atoms with Gasteiger partial charge in [-0.05, 0) is 31.9 Å². The van der Waals surface area contributed by atoms with Gasteiger partial charge in [0.1, 0.15) is 4.83 Å². The third kappa shape index (κ3) is 3.99. The molecule has 0 aliphatic carbocycles. The Balaban J connectivity index is 1.87. The van der Waals surface area contributed by atoms with E-state index in [0.717, 1.165) is 16.7 Å². The van der Waals surface area contributed by atoms with Crippen molar-refractivity contribution in [3.8, 4) is 11.1 Å². The fourth-order valence-electron chi connectivity index (χ4n) is 2.78. The van der Waals surface area contributed by atoms with Crippen LogP contribution in [0.3, 0.4) is 0 Å². The lowest BCUT2D eigenvalue weighted by atomic mass is 9.99. The number of H-pyrrole nitrogens is 1. The van der Waals surface area contributed by atoms with Crippen LogP contribution in [0.1, 0.15) is 24.5 Å². The van der Waals surface area contributed by atoms with Crippen LogP contribution in [0.25, 0.3) is 21.3 Å². The quantitative estimate of drug-likeness (QED) is 0.387. The summed E-state index contributed by atoms with van der Waals surface area (Å²) in [5.41, 5.74) is 4.15. The summed E-state index contributed by atoms with van der Waals surface area (Å²) in [6.07, 6.45) is 0.290. The van der Waals surface area contributed by atoms with E-state index in [2.05, 4.69) is 23.0 Å². The SMILES string of the molecule is CCOC(=O)CCSc1nc2scc(-c3ccc(C)cc3C)c2c(=O)[nH]1. The van der Waals surface area contributed by atoms with Gasteiger partial charge in [-0.25, -0.2) is 4.98 Å². The van der Waals surface area contributed by atoms with Crippen molar-refractivity contribution in [2.24, 2.45) is 0 Å². The number of aromatic nitrogens is 2. The van der Waals surface area contributed by atoms with E-state index in [1.165, 1.54) is 28.7 Å². The van der Waals surface area contributed by atoms with Gasteiger partial charge in [-0.15, -0.1) is 11.3 Å². The summed E-state index contributed by atoms with van der Waals surface area (Å²) in [7, 11) is 0. The molecule has 0 unspecified atom stereocenters. The maximum absolute atomic E-state index is 12.6. The highest BCUT2D eigenvalue weighted by molar-refractivity contribution is 7.99. The van der Waals surface area contributed by atoms with Crippen molar-refractivity contribution < 1.29 is 9.53 Å². The van der Waals surface area contributed by atoms with Gasteiger partial charge in [-0.2, -0.15) is 0 Å². The number of ether oxygens (including phenoxy) is 1. The van der Waals surface area contributed by atoms with Crippen LogP contribution in [-0.4, -0.2) is 28.3 Å². The minimum Gasteiger partial charge on any atom is -0.466 e. The molecule has 3 aromatic rings. The fraction of sp³-hybridized carbons (Fsp3) is 0.316. The zero-order valence-electron chi connectivity index (χ0n) is 14.9. The topological polar surface area (TPSA) is 72.0 Å². The zero-order valence-corrected chi connectivity index (χ0v) is 16.6. The number of fused-ring (bicyclic) bond motifs is 1. The van der Waals surface area contributed by atoms with Crippen LogP contribution in [0.15, 0.2) is 33.5 Å². The minimum atomic E-state index is -0.239. The van der Waals surface area contributed by atoms with Gasteiger partial charge in [0, 0.05) is 16.7 Å². The van der Waals surface area contributed by atoms with Crippen LogP contribution in [0.4, 0.5) is 0 Å². The summed E-state index contributed by atoms with van der Waals surface area (Å²) in [6.45, 7) is 6.26. The highest BCUT2D eigenvalue weighted by Crippen LogP contribution is 2.33. The number of rotatable bonds is 6. The highest BCUT2D eigenvalue weighted by Gasteiger charge is 2.15. The maximum atomic E-state index is 12.6. The number of carbonyl (C=O) groups is 1. The zero-order chi connectivity index (χ0) is 18.7. The second-order valence-electron chi connectivity index (χ2n) is 5.92. The Kier molecular flexibility index (Phi) is 5.78. The average Bonchev–Trinajstić information content (AvgIpc) is 2.99. The van der Waals surface area contributed by atoms with Crippen LogP contribution in [-0.2, 0) is 9.53 Å². The molecule has 0 saturated heterocycles. The maximum Gasteiger partial charge on any atom is 0.306 e. The number of carbonyl (C=O) groups excluding carboxylic acids is 1. The van der Waals surface area contributed by atoms with Gasteiger partial charge in [-0.3, -0.25) is 9.59 Å². The Morgan fingerprint density at radius 1 is 1.31 bits per heavy atom. The van der Waals surface area contributed by atoms with E-state index in [-0.39, 0.29) is 11.5 Å². The summed E-state index contributed by atoms with van der Waals surface area (Å²) < 4.78 is 4.90. The van der Waals surface area contributed by atoms with Gasteiger partial charge in [0.15, 0.2) is 5.16 Å². The Labute approximate surface area is 159 Å². The van der Waals surface area contributed by atoms with Gasteiger partial charge in [-0.1, -0.05) is 35.5 Å². The minimum absolute atomic E-state index is 0.148.